The summed E-state index contributed by atoms with van der Waals surface area (Å²) in [6.45, 7) is 0.661. The fraction of sp³-hybridized carbons (Fsp3) is 0.526. The van der Waals surface area contributed by atoms with E-state index in [2.05, 4.69) is 5.10 Å². The molecule has 1 aromatic carbocycles. The third-order valence-corrected chi connectivity index (χ3v) is 5.74. The number of aromatic nitrogens is 2. The van der Waals surface area contributed by atoms with Crippen molar-refractivity contribution in [3.8, 4) is 0 Å². The molecule has 2 aromatic rings. The van der Waals surface area contributed by atoms with E-state index in [-0.39, 0.29) is 23.6 Å². The second-order valence-electron chi connectivity index (χ2n) is 7.22. The van der Waals surface area contributed by atoms with Gasteiger partial charge in [-0.2, -0.15) is 0 Å². The second kappa shape index (κ2) is 6.50. The van der Waals surface area contributed by atoms with E-state index in [1.165, 1.54) is 25.7 Å². The molecule has 6 heteroatoms. The lowest BCUT2D eigenvalue weighted by molar-refractivity contribution is -0.133. The van der Waals surface area contributed by atoms with Gasteiger partial charge in [-0.3, -0.25) is 19.5 Å². The highest BCUT2D eigenvalue weighted by Crippen LogP contribution is 2.35. The molecule has 1 aliphatic heterocycles. The third kappa shape index (κ3) is 2.90. The van der Waals surface area contributed by atoms with Gasteiger partial charge in [-0.1, -0.05) is 25.0 Å². The molecule has 2 aliphatic rings. The van der Waals surface area contributed by atoms with Gasteiger partial charge in [-0.15, -0.1) is 0 Å². The number of aromatic amines is 1. The van der Waals surface area contributed by atoms with Crippen molar-refractivity contribution in [1.29, 1.82) is 0 Å². The van der Waals surface area contributed by atoms with E-state index in [1.807, 2.05) is 4.90 Å². The van der Waals surface area contributed by atoms with E-state index in [4.69, 9.17) is 0 Å². The van der Waals surface area contributed by atoms with Crippen LogP contribution >= 0.6 is 0 Å². The lowest BCUT2D eigenvalue weighted by atomic mass is 9.96. The van der Waals surface area contributed by atoms with Crippen molar-refractivity contribution in [3.63, 3.8) is 0 Å². The summed E-state index contributed by atoms with van der Waals surface area (Å²) >= 11 is 0. The number of likely N-dealkylation sites (tertiary alicyclic amines) is 1. The Morgan fingerprint density at radius 3 is 2.52 bits per heavy atom. The monoisotopic (exact) mass is 341 g/mol. The molecule has 6 nitrogen and oxygen atoms in total. The van der Waals surface area contributed by atoms with Gasteiger partial charge >= 0.3 is 0 Å². The van der Waals surface area contributed by atoms with Crippen LogP contribution in [0.4, 0.5) is 0 Å². The van der Waals surface area contributed by atoms with Crippen molar-refractivity contribution in [2.24, 2.45) is 5.92 Å². The van der Waals surface area contributed by atoms with Gasteiger partial charge < -0.3 is 4.90 Å². The van der Waals surface area contributed by atoms with Crippen LogP contribution in [-0.4, -0.2) is 33.2 Å². The lowest BCUT2D eigenvalue weighted by Gasteiger charge is -2.29. The van der Waals surface area contributed by atoms with Crippen molar-refractivity contribution in [2.75, 3.05) is 6.54 Å². The Morgan fingerprint density at radius 2 is 1.76 bits per heavy atom. The molecular weight excluding hydrogens is 318 g/mol. The molecule has 1 aliphatic carbocycles. The molecule has 1 unspecified atom stereocenters. The topological polar surface area (TPSA) is 75.2 Å². The minimum Gasteiger partial charge on any atom is -0.338 e. The Hall–Kier alpha value is -2.37. The molecule has 1 N–H and O–H groups in total. The van der Waals surface area contributed by atoms with Gasteiger partial charge in [0.05, 0.1) is 10.8 Å². The van der Waals surface area contributed by atoms with Gasteiger partial charge in [-0.25, -0.2) is 4.68 Å². The summed E-state index contributed by atoms with van der Waals surface area (Å²) in [5, 5.41) is 3.28. The molecule has 1 atom stereocenters. The predicted molar refractivity (Wildman–Crippen MR) is 95.5 cm³/mol. The lowest BCUT2D eigenvalue weighted by Crippen LogP contribution is -2.43. The van der Waals surface area contributed by atoms with E-state index in [0.717, 1.165) is 24.1 Å². The van der Waals surface area contributed by atoms with Gasteiger partial charge in [0.2, 0.25) is 5.91 Å². The standard InChI is InChI=1S/C19H23N3O3/c23-17(21-11-5-10-16(21)13-6-1-2-7-13)12-22-19(25)15-9-4-3-8-14(15)18(24)20-22/h3-4,8-9,13,16H,1-2,5-7,10-12H2,(H,20,24). The van der Waals surface area contributed by atoms with E-state index >= 15 is 0 Å². The first kappa shape index (κ1) is 16.1. The van der Waals surface area contributed by atoms with E-state index < -0.39 is 0 Å². The molecular formula is C19H23N3O3. The number of rotatable bonds is 3. The average molecular weight is 341 g/mol. The molecule has 1 saturated heterocycles. The first-order chi connectivity index (χ1) is 12.1. The Balaban J connectivity index is 1.60. The Kier molecular flexibility index (Phi) is 4.19. The first-order valence-electron chi connectivity index (χ1n) is 9.16. The number of benzene rings is 1. The van der Waals surface area contributed by atoms with Crippen LogP contribution in [0.3, 0.4) is 0 Å². The molecule has 2 heterocycles. The summed E-state index contributed by atoms with van der Waals surface area (Å²) in [6, 6.07) is 7.01. The SMILES string of the molecule is O=C(Cn1[nH]c(=O)c2ccccc2c1=O)N1CCCC1C1CCCC1. The summed E-state index contributed by atoms with van der Waals surface area (Å²) < 4.78 is 1.16. The molecule has 1 saturated carbocycles. The molecule has 0 radical (unpaired) electrons. The van der Waals surface area contributed by atoms with Crippen LogP contribution in [0.15, 0.2) is 33.9 Å². The van der Waals surface area contributed by atoms with Crippen molar-refractivity contribution >= 4 is 16.7 Å². The van der Waals surface area contributed by atoms with Gasteiger partial charge in [0.15, 0.2) is 0 Å². The van der Waals surface area contributed by atoms with Crippen LogP contribution in [-0.2, 0) is 11.3 Å². The fourth-order valence-corrected chi connectivity index (χ4v) is 4.52. The smallest absolute Gasteiger partial charge is 0.273 e. The van der Waals surface area contributed by atoms with Crippen LogP contribution in [0, 0.1) is 5.92 Å². The normalized spacial score (nSPS) is 21.3. The molecule has 0 bridgehead atoms. The zero-order valence-electron chi connectivity index (χ0n) is 14.2. The largest absolute Gasteiger partial charge is 0.338 e. The van der Waals surface area contributed by atoms with Crippen molar-refractivity contribution in [2.45, 2.75) is 51.1 Å². The van der Waals surface area contributed by atoms with Gasteiger partial charge in [0.25, 0.3) is 11.1 Å². The fourth-order valence-electron chi connectivity index (χ4n) is 4.52. The zero-order chi connectivity index (χ0) is 17.4. The number of fused-ring (bicyclic) bond motifs is 1. The molecule has 1 aromatic heterocycles. The van der Waals surface area contributed by atoms with Crippen LogP contribution in [0.2, 0.25) is 0 Å². The highest BCUT2D eigenvalue weighted by atomic mass is 16.2. The first-order valence-corrected chi connectivity index (χ1v) is 9.16. The quantitative estimate of drug-likeness (QED) is 0.926. The zero-order valence-corrected chi connectivity index (χ0v) is 14.2. The minimum atomic E-state index is -0.336. The van der Waals surface area contributed by atoms with Crippen molar-refractivity contribution in [3.05, 3.63) is 45.0 Å². The molecule has 0 spiro atoms. The third-order valence-electron chi connectivity index (χ3n) is 5.74. The molecule has 1 amide bonds. The Labute approximate surface area is 145 Å². The number of hydrogen-bond acceptors (Lipinski definition) is 3. The number of amides is 1. The summed E-state index contributed by atoms with van der Waals surface area (Å²) in [7, 11) is 0. The number of H-pyrrole nitrogens is 1. The number of carbonyl (C=O) groups is 1. The van der Waals surface area contributed by atoms with Crippen LogP contribution in [0.5, 0.6) is 0 Å². The highest BCUT2D eigenvalue weighted by Gasteiger charge is 2.35. The maximum Gasteiger partial charge on any atom is 0.273 e. The van der Waals surface area contributed by atoms with Crippen LogP contribution < -0.4 is 11.1 Å². The number of hydrogen-bond donors (Lipinski definition) is 1. The molecule has 132 valence electrons. The number of nitrogens with one attached hydrogen (secondary N) is 1. The van der Waals surface area contributed by atoms with Crippen LogP contribution in [0.25, 0.3) is 10.8 Å². The van der Waals surface area contributed by atoms with Crippen molar-refractivity contribution in [1.82, 2.24) is 14.7 Å². The van der Waals surface area contributed by atoms with E-state index in [0.29, 0.717) is 22.7 Å². The van der Waals surface area contributed by atoms with Crippen LogP contribution in [0.1, 0.15) is 38.5 Å². The summed E-state index contributed by atoms with van der Waals surface area (Å²) in [5.74, 6) is 0.529. The summed E-state index contributed by atoms with van der Waals surface area (Å²) in [4.78, 5) is 39.5. The van der Waals surface area contributed by atoms with E-state index in [9.17, 15) is 14.4 Å². The van der Waals surface area contributed by atoms with Crippen molar-refractivity contribution < 1.29 is 4.79 Å². The highest BCUT2D eigenvalue weighted by molar-refractivity contribution is 5.81. The second-order valence-corrected chi connectivity index (χ2v) is 7.22. The summed E-state index contributed by atoms with van der Waals surface area (Å²) in [6.07, 6.45) is 6.97. The summed E-state index contributed by atoms with van der Waals surface area (Å²) in [5.41, 5.74) is -0.656. The van der Waals surface area contributed by atoms with Gasteiger partial charge in [0.1, 0.15) is 6.54 Å². The maximum atomic E-state index is 12.8. The Morgan fingerprint density at radius 1 is 1.04 bits per heavy atom. The average Bonchev–Trinajstić information content (AvgIpc) is 3.30. The molecule has 2 fully saturated rings. The van der Waals surface area contributed by atoms with Gasteiger partial charge in [0, 0.05) is 12.6 Å². The maximum absolute atomic E-state index is 12.8. The van der Waals surface area contributed by atoms with E-state index in [1.54, 1.807) is 24.3 Å². The molecule has 4 rings (SSSR count). The number of nitrogens with zero attached hydrogens (tertiary/aromatic N) is 2. The minimum absolute atomic E-state index is 0.0672. The van der Waals surface area contributed by atoms with Gasteiger partial charge in [-0.05, 0) is 43.7 Å². The number of carbonyl (C=O) groups excluding carboxylic acids is 1. The molecule has 25 heavy (non-hydrogen) atoms. The Bertz CT molecular complexity index is 908. The predicted octanol–water partition coefficient (Wildman–Crippen LogP) is 1.87.